The highest BCUT2D eigenvalue weighted by atomic mass is 35.5. The molecule has 1 aliphatic heterocycles. The molecule has 0 N–H and O–H groups in total. The summed E-state index contributed by atoms with van der Waals surface area (Å²) < 4.78 is 43.7. The minimum Gasteiger partial charge on any atom is -0.492 e. The van der Waals surface area contributed by atoms with Gasteiger partial charge in [-0.25, -0.2) is 4.98 Å². The molecule has 4 nitrogen and oxygen atoms in total. The SMILES string of the molecule is FC(F)(F)c1ccc(N2CCCN(CCOc3ccc(Cl)cc3)CC2)nc1. The summed E-state index contributed by atoms with van der Waals surface area (Å²) in [6.45, 7) is 4.58. The standard InChI is InChI=1S/C19H21ClF3N3O/c20-16-3-5-17(6-4-16)27-13-12-25-8-1-9-26(11-10-25)18-7-2-15(14-24-18)19(21,22)23/h2-7,14H,1,8-13H2. The van der Waals surface area contributed by atoms with Gasteiger partial charge in [0, 0.05) is 43.9 Å². The van der Waals surface area contributed by atoms with Gasteiger partial charge in [-0.1, -0.05) is 11.6 Å². The molecule has 0 amide bonds. The summed E-state index contributed by atoms with van der Waals surface area (Å²) in [6, 6.07) is 9.79. The van der Waals surface area contributed by atoms with Crippen molar-refractivity contribution in [1.29, 1.82) is 0 Å². The van der Waals surface area contributed by atoms with Gasteiger partial charge >= 0.3 is 6.18 Å². The number of hydrogen-bond donors (Lipinski definition) is 0. The lowest BCUT2D eigenvalue weighted by Crippen LogP contribution is -2.33. The minimum absolute atomic E-state index is 0.570. The van der Waals surface area contributed by atoms with E-state index in [2.05, 4.69) is 9.88 Å². The van der Waals surface area contributed by atoms with E-state index in [9.17, 15) is 13.2 Å². The zero-order valence-electron chi connectivity index (χ0n) is 14.8. The highest BCUT2D eigenvalue weighted by Crippen LogP contribution is 2.29. The number of benzene rings is 1. The first kappa shape index (κ1) is 19.8. The van der Waals surface area contributed by atoms with Crippen LogP contribution in [0.1, 0.15) is 12.0 Å². The van der Waals surface area contributed by atoms with E-state index < -0.39 is 11.7 Å². The molecule has 1 aliphatic rings. The van der Waals surface area contributed by atoms with Crippen LogP contribution in [-0.2, 0) is 6.18 Å². The van der Waals surface area contributed by atoms with Gasteiger partial charge in [0.15, 0.2) is 0 Å². The number of rotatable bonds is 5. The summed E-state index contributed by atoms with van der Waals surface area (Å²) in [5.41, 5.74) is -0.720. The monoisotopic (exact) mass is 399 g/mol. The van der Waals surface area contributed by atoms with Crippen LogP contribution in [0, 0.1) is 0 Å². The Morgan fingerprint density at radius 3 is 2.44 bits per heavy atom. The molecular weight excluding hydrogens is 379 g/mol. The fraction of sp³-hybridized carbons (Fsp3) is 0.421. The lowest BCUT2D eigenvalue weighted by Gasteiger charge is -2.23. The van der Waals surface area contributed by atoms with Crippen molar-refractivity contribution in [2.24, 2.45) is 0 Å². The Hall–Kier alpha value is -1.99. The van der Waals surface area contributed by atoms with Crippen LogP contribution in [0.3, 0.4) is 0 Å². The number of alkyl halides is 3. The van der Waals surface area contributed by atoms with E-state index >= 15 is 0 Å². The van der Waals surface area contributed by atoms with Crippen molar-refractivity contribution in [3.8, 4) is 5.75 Å². The predicted octanol–water partition coefficient (Wildman–Crippen LogP) is 4.34. The van der Waals surface area contributed by atoms with Crippen LogP contribution in [0.4, 0.5) is 19.0 Å². The van der Waals surface area contributed by atoms with E-state index in [0.29, 0.717) is 17.4 Å². The third kappa shape index (κ3) is 5.74. The zero-order chi connectivity index (χ0) is 19.3. The third-order valence-electron chi connectivity index (χ3n) is 4.48. The second-order valence-electron chi connectivity index (χ2n) is 6.39. The summed E-state index contributed by atoms with van der Waals surface area (Å²) in [6.07, 6.45) is -2.53. The molecule has 0 spiro atoms. The second kappa shape index (κ2) is 8.80. The molecule has 146 valence electrons. The molecular formula is C19H21ClF3N3O. The quantitative estimate of drug-likeness (QED) is 0.747. The Morgan fingerprint density at radius 1 is 1.00 bits per heavy atom. The van der Waals surface area contributed by atoms with E-state index in [1.807, 2.05) is 17.0 Å². The van der Waals surface area contributed by atoms with Gasteiger partial charge in [0.05, 0.1) is 5.56 Å². The van der Waals surface area contributed by atoms with E-state index in [1.54, 1.807) is 12.1 Å². The maximum atomic E-state index is 12.7. The number of pyridine rings is 1. The van der Waals surface area contributed by atoms with Gasteiger partial charge in [0.25, 0.3) is 0 Å². The molecule has 0 aliphatic carbocycles. The molecule has 1 saturated heterocycles. The Balaban J connectivity index is 1.47. The normalized spacial score (nSPS) is 16.2. The summed E-state index contributed by atoms with van der Waals surface area (Å²) >= 11 is 5.85. The third-order valence-corrected chi connectivity index (χ3v) is 4.73. The van der Waals surface area contributed by atoms with Gasteiger partial charge < -0.3 is 9.64 Å². The first-order valence-electron chi connectivity index (χ1n) is 8.81. The lowest BCUT2D eigenvalue weighted by molar-refractivity contribution is -0.137. The van der Waals surface area contributed by atoms with Gasteiger partial charge in [-0.3, -0.25) is 4.90 Å². The van der Waals surface area contributed by atoms with Crippen LogP contribution in [0.15, 0.2) is 42.6 Å². The average molecular weight is 400 g/mol. The molecule has 1 aromatic carbocycles. The first-order chi connectivity index (χ1) is 12.9. The maximum Gasteiger partial charge on any atom is 0.417 e. The fourth-order valence-corrected chi connectivity index (χ4v) is 3.11. The largest absolute Gasteiger partial charge is 0.492 e. The van der Waals surface area contributed by atoms with Crippen LogP contribution >= 0.6 is 11.6 Å². The van der Waals surface area contributed by atoms with Crippen LogP contribution < -0.4 is 9.64 Å². The Morgan fingerprint density at radius 2 is 1.78 bits per heavy atom. The maximum absolute atomic E-state index is 12.7. The van der Waals surface area contributed by atoms with Crippen molar-refractivity contribution < 1.29 is 17.9 Å². The number of nitrogens with zero attached hydrogens (tertiary/aromatic N) is 3. The molecule has 0 atom stereocenters. The van der Waals surface area contributed by atoms with Crippen molar-refractivity contribution in [3.63, 3.8) is 0 Å². The highest BCUT2D eigenvalue weighted by Gasteiger charge is 2.31. The van der Waals surface area contributed by atoms with Crippen LogP contribution in [0.5, 0.6) is 5.75 Å². The zero-order valence-corrected chi connectivity index (χ0v) is 15.5. The average Bonchev–Trinajstić information content (AvgIpc) is 2.89. The second-order valence-corrected chi connectivity index (χ2v) is 6.82. The molecule has 2 heterocycles. The molecule has 0 saturated carbocycles. The van der Waals surface area contributed by atoms with E-state index in [0.717, 1.165) is 57.2 Å². The van der Waals surface area contributed by atoms with E-state index in [4.69, 9.17) is 16.3 Å². The van der Waals surface area contributed by atoms with Crippen molar-refractivity contribution in [1.82, 2.24) is 9.88 Å². The topological polar surface area (TPSA) is 28.6 Å². The van der Waals surface area contributed by atoms with Crippen molar-refractivity contribution in [2.75, 3.05) is 44.2 Å². The van der Waals surface area contributed by atoms with Gasteiger partial charge in [-0.05, 0) is 42.8 Å². The Bertz CT molecular complexity index is 722. The molecule has 3 rings (SSSR count). The molecule has 1 fully saturated rings. The smallest absolute Gasteiger partial charge is 0.417 e. The summed E-state index contributed by atoms with van der Waals surface area (Å²) in [7, 11) is 0. The number of aromatic nitrogens is 1. The van der Waals surface area contributed by atoms with Crippen LogP contribution in [0.2, 0.25) is 5.02 Å². The summed E-state index contributed by atoms with van der Waals surface area (Å²) in [4.78, 5) is 8.32. The Labute approximate surface area is 161 Å². The summed E-state index contributed by atoms with van der Waals surface area (Å²) in [5, 5.41) is 0.673. The van der Waals surface area contributed by atoms with Crippen molar-refractivity contribution >= 4 is 17.4 Å². The van der Waals surface area contributed by atoms with Crippen molar-refractivity contribution in [3.05, 3.63) is 53.2 Å². The Kier molecular flexibility index (Phi) is 6.44. The van der Waals surface area contributed by atoms with Crippen LogP contribution in [0.25, 0.3) is 0 Å². The molecule has 0 bridgehead atoms. The van der Waals surface area contributed by atoms with Gasteiger partial charge in [0.1, 0.15) is 18.2 Å². The van der Waals surface area contributed by atoms with Crippen molar-refractivity contribution in [2.45, 2.75) is 12.6 Å². The molecule has 0 unspecified atom stereocenters. The number of ether oxygens (including phenoxy) is 1. The predicted molar refractivity (Wildman–Crippen MR) is 99.5 cm³/mol. The van der Waals surface area contributed by atoms with E-state index in [1.165, 1.54) is 6.07 Å². The van der Waals surface area contributed by atoms with E-state index in [-0.39, 0.29) is 0 Å². The van der Waals surface area contributed by atoms with Crippen LogP contribution in [-0.4, -0.2) is 49.2 Å². The minimum atomic E-state index is -4.36. The number of halogens is 4. The molecule has 1 aromatic heterocycles. The molecule has 8 heteroatoms. The highest BCUT2D eigenvalue weighted by molar-refractivity contribution is 6.30. The van der Waals surface area contributed by atoms with Gasteiger partial charge in [-0.15, -0.1) is 0 Å². The van der Waals surface area contributed by atoms with Gasteiger partial charge in [-0.2, -0.15) is 13.2 Å². The molecule has 27 heavy (non-hydrogen) atoms. The first-order valence-corrected chi connectivity index (χ1v) is 9.18. The summed E-state index contributed by atoms with van der Waals surface area (Å²) in [5.74, 6) is 1.37. The molecule has 2 aromatic rings. The number of hydrogen-bond acceptors (Lipinski definition) is 4. The lowest BCUT2D eigenvalue weighted by atomic mass is 10.2. The van der Waals surface area contributed by atoms with Gasteiger partial charge in [0.2, 0.25) is 0 Å². The molecule has 0 radical (unpaired) electrons. The number of anilines is 1. The fourth-order valence-electron chi connectivity index (χ4n) is 2.99.